The number of rotatable bonds is 4. The van der Waals surface area contributed by atoms with Crippen LogP contribution in [0.15, 0.2) is 24.3 Å². The number of carbonyl (C=O) groups excluding carboxylic acids is 2. The Morgan fingerprint density at radius 3 is 2.41 bits per heavy atom. The zero-order chi connectivity index (χ0) is 12.8. The second-order valence-electron chi connectivity index (χ2n) is 2.95. The molecule has 0 saturated heterocycles. The minimum Gasteiger partial charge on any atom is -0.484 e. The number of amides is 3. The van der Waals surface area contributed by atoms with Gasteiger partial charge in [-0.2, -0.15) is 0 Å². The zero-order valence-electron chi connectivity index (χ0n) is 8.58. The highest BCUT2D eigenvalue weighted by atomic mass is 16.6. The van der Waals surface area contributed by atoms with Gasteiger partial charge in [-0.05, 0) is 12.1 Å². The van der Waals surface area contributed by atoms with Gasteiger partial charge in [0.05, 0.1) is 4.92 Å². The number of non-ortho nitro benzene ring substituents is 1. The first-order valence-corrected chi connectivity index (χ1v) is 4.45. The van der Waals surface area contributed by atoms with Crippen molar-refractivity contribution in [2.45, 2.75) is 0 Å². The number of hydrogen-bond donors (Lipinski definition) is 2. The lowest BCUT2D eigenvalue weighted by atomic mass is 10.3. The SMILES string of the molecule is NC(=O)NC(=O)COc1ccc([N+](=O)[O-])cc1. The molecule has 1 aromatic rings. The summed E-state index contributed by atoms with van der Waals surface area (Å²) in [7, 11) is 0. The molecule has 1 aromatic carbocycles. The summed E-state index contributed by atoms with van der Waals surface area (Å²) in [5.74, 6) is -0.425. The maximum atomic E-state index is 11.0. The molecule has 0 fully saturated rings. The molecule has 0 aromatic heterocycles. The highest BCUT2D eigenvalue weighted by molar-refractivity contribution is 5.94. The number of benzene rings is 1. The van der Waals surface area contributed by atoms with Crippen LogP contribution >= 0.6 is 0 Å². The number of hydrogen-bond acceptors (Lipinski definition) is 5. The third kappa shape index (κ3) is 4.16. The molecule has 0 saturated carbocycles. The molecule has 3 amide bonds. The normalized spacial score (nSPS) is 9.41. The Kier molecular flexibility index (Phi) is 3.98. The van der Waals surface area contributed by atoms with Gasteiger partial charge >= 0.3 is 6.03 Å². The van der Waals surface area contributed by atoms with Crippen LogP contribution in [0.5, 0.6) is 5.75 Å². The fourth-order valence-electron chi connectivity index (χ4n) is 0.986. The van der Waals surface area contributed by atoms with Crippen LogP contribution in [0.1, 0.15) is 0 Å². The summed E-state index contributed by atoms with van der Waals surface area (Å²) in [4.78, 5) is 31.1. The number of primary amides is 1. The molecule has 0 spiro atoms. The molecule has 0 aliphatic heterocycles. The minimum absolute atomic E-state index is 0.0843. The lowest BCUT2D eigenvalue weighted by molar-refractivity contribution is -0.384. The average Bonchev–Trinajstić information content (AvgIpc) is 2.26. The number of nitro benzene ring substituents is 1. The Balaban J connectivity index is 2.50. The molecule has 8 heteroatoms. The molecule has 0 heterocycles. The highest BCUT2D eigenvalue weighted by Gasteiger charge is 2.07. The Morgan fingerprint density at radius 1 is 1.35 bits per heavy atom. The van der Waals surface area contributed by atoms with Crippen LogP contribution in [0, 0.1) is 10.1 Å². The van der Waals surface area contributed by atoms with Gasteiger partial charge < -0.3 is 10.5 Å². The third-order valence-corrected chi connectivity index (χ3v) is 1.68. The number of urea groups is 1. The monoisotopic (exact) mass is 239 g/mol. The lowest BCUT2D eigenvalue weighted by Gasteiger charge is -2.04. The Morgan fingerprint density at radius 2 is 1.94 bits per heavy atom. The van der Waals surface area contributed by atoms with Crippen LogP contribution in [0.25, 0.3) is 0 Å². The van der Waals surface area contributed by atoms with Gasteiger partial charge in [0.25, 0.3) is 11.6 Å². The van der Waals surface area contributed by atoms with Gasteiger partial charge in [0.1, 0.15) is 5.75 Å². The van der Waals surface area contributed by atoms with E-state index in [1.807, 2.05) is 5.32 Å². The van der Waals surface area contributed by atoms with Crippen molar-refractivity contribution in [3.05, 3.63) is 34.4 Å². The van der Waals surface area contributed by atoms with Crippen LogP contribution in [-0.4, -0.2) is 23.5 Å². The van der Waals surface area contributed by atoms with Crippen molar-refractivity contribution >= 4 is 17.6 Å². The molecule has 0 radical (unpaired) electrons. The molecule has 0 aliphatic carbocycles. The summed E-state index contributed by atoms with van der Waals surface area (Å²) >= 11 is 0. The predicted molar refractivity (Wildman–Crippen MR) is 56.3 cm³/mol. The maximum absolute atomic E-state index is 11.0. The standard InChI is InChI=1S/C9H9N3O5/c10-9(14)11-8(13)5-17-7-3-1-6(2-4-7)12(15)16/h1-4H,5H2,(H3,10,11,13,14). The second-order valence-corrected chi connectivity index (χ2v) is 2.95. The largest absolute Gasteiger partial charge is 0.484 e. The summed E-state index contributed by atoms with van der Waals surface area (Å²) in [6.45, 7) is -0.402. The van der Waals surface area contributed by atoms with Gasteiger partial charge in [0.15, 0.2) is 6.61 Å². The van der Waals surface area contributed by atoms with Crippen LogP contribution in [-0.2, 0) is 4.79 Å². The van der Waals surface area contributed by atoms with E-state index < -0.39 is 23.5 Å². The number of nitrogens with zero attached hydrogens (tertiary/aromatic N) is 1. The van der Waals surface area contributed by atoms with Gasteiger partial charge in [-0.15, -0.1) is 0 Å². The Bertz CT molecular complexity index is 442. The first-order chi connectivity index (χ1) is 7.99. The van der Waals surface area contributed by atoms with Crippen LogP contribution in [0.3, 0.4) is 0 Å². The molecule has 0 aliphatic rings. The van der Waals surface area contributed by atoms with E-state index in [-0.39, 0.29) is 11.4 Å². The highest BCUT2D eigenvalue weighted by Crippen LogP contribution is 2.16. The van der Waals surface area contributed by atoms with Gasteiger partial charge in [-0.3, -0.25) is 20.2 Å². The minimum atomic E-state index is -0.970. The number of nitrogens with two attached hydrogens (primary N) is 1. The first kappa shape index (κ1) is 12.4. The molecule has 0 atom stereocenters. The second kappa shape index (κ2) is 5.45. The van der Waals surface area contributed by atoms with Crippen LogP contribution in [0.4, 0.5) is 10.5 Å². The molecule has 17 heavy (non-hydrogen) atoms. The summed E-state index contributed by atoms with van der Waals surface area (Å²) in [5.41, 5.74) is 4.63. The van der Waals surface area contributed by atoms with E-state index in [4.69, 9.17) is 10.5 Å². The van der Waals surface area contributed by atoms with Crippen molar-refractivity contribution < 1.29 is 19.2 Å². The van der Waals surface area contributed by atoms with Crippen molar-refractivity contribution in [3.63, 3.8) is 0 Å². The number of nitro groups is 1. The van der Waals surface area contributed by atoms with E-state index in [9.17, 15) is 19.7 Å². The topological polar surface area (TPSA) is 125 Å². The lowest BCUT2D eigenvalue weighted by Crippen LogP contribution is -2.38. The van der Waals surface area contributed by atoms with E-state index >= 15 is 0 Å². The predicted octanol–water partition coefficient (Wildman–Crippen LogP) is 0.168. The summed E-state index contributed by atoms with van der Waals surface area (Å²) in [6, 6.07) is 4.19. The van der Waals surface area contributed by atoms with Gasteiger partial charge in [0.2, 0.25) is 0 Å². The maximum Gasteiger partial charge on any atom is 0.318 e. The smallest absolute Gasteiger partial charge is 0.318 e. The Labute approximate surface area is 95.5 Å². The van der Waals surface area contributed by atoms with Gasteiger partial charge in [-0.1, -0.05) is 0 Å². The summed E-state index contributed by atoms with van der Waals surface area (Å²) in [6.07, 6.45) is 0. The van der Waals surface area contributed by atoms with Crippen molar-refractivity contribution in [2.24, 2.45) is 5.73 Å². The fraction of sp³-hybridized carbons (Fsp3) is 0.111. The van der Waals surface area contributed by atoms with E-state index in [1.165, 1.54) is 24.3 Å². The number of imide groups is 1. The molecular weight excluding hydrogens is 230 g/mol. The molecular formula is C9H9N3O5. The summed E-state index contributed by atoms with van der Waals surface area (Å²) < 4.78 is 4.96. The number of carbonyl (C=O) groups is 2. The molecule has 90 valence electrons. The first-order valence-electron chi connectivity index (χ1n) is 4.45. The van der Waals surface area contributed by atoms with Gasteiger partial charge in [0, 0.05) is 12.1 Å². The van der Waals surface area contributed by atoms with Crippen LogP contribution < -0.4 is 15.8 Å². The number of nitrogens with one attached hydrogen (secondary N) is 1. The average molecular weight is 239 g/mol. The Hall–Kier alpha value is -2.64. The molecule has 8 nitrogen and oxygen atoms in total. The molecule has 1 rings (SSSR count). The molecule has 3 N–H and O–H groups in total. The molecule has 0 bridgehead atoms. The van der Waals surface area contributed by atoms with Crippen LogP contribution in [0.2, 0.25) is 0 Å². The van der Waals surface area contributed by atoms with Crippen molar-refractivity contribution in [1.82, 2.24) is 5.32 Å². The van der Waals surface area contributed by atoms with E-state index in [0.717, 1.165) is 0 Å². The van der Waals surface area contributed by atoms with Crippen molar-refractivity contribution in [1.29, 1.82) is 0 Å². The van der Waals surface area contributed by atoms with Gasteiger partial charge in [-0.25, -0.2) is 4.79 Å². The quantitative estimate of drug-likeness (QED) is 0.572. The van der Waals surface area contributed by atoms with E-state index in [1.54, 1.807) is 0 Å². The zero-order valence-corrected chi connectivity index (χ0v) is 8.58. The molecule has 0 unspecified atom stereocenters. The summed E-state index contributed by atoms with van der Waals surface area (Å²) in [5, 5.41) is 12.2. The third-order valence-electron chi connectivity index (χ3n) is 1.68. The van der Waals surface area contributed by atoms with E-state index in [2.05, 4.69) is 0 Å². The number of ether oxygens (including phenoxy) is 1. The van der Waals surface area contributed by atoms with Crippen molar-refractivity contribution in [3.8, 4) is 5.75 Å². The fourth-order valence-corrected chi connectivity index (χ4v) is 0.986. The van der Waals surface area contributed by atoms with Crippen molar-refractivity contribution in [2.75, 3.05) is 6.61 Å². The van der Waals surface area contributed by atoms with E-state index in [0.29, 0.717) is 0 Å².